The van der Waals surface area contributed by atoms with Crippen LogP contribution in [0.1, 0.15) is 47.6 Å². The number of carbonyl (C=O) groups excluding carboxylic acids is 3. The Bertz CT molecular complexity index is 873. The highest BCUT2D eigenvalue weighted by atomic mass is 16.5. The van der Waals surface area contributed by atoms with Gasteiger partial charge < -0.3 is 19.9 Å². The fourth-order valence-corrected chi connectivity index (χ4v) is 5.22. The van der Waals surface area contributed by atoms with Crippen molar-refractivity contribution in [2.24, 2.45) is 5.92 Å². The largest absolute Gasteiger partial charge is 0.379 e. The number of nitrogens with one attached hydrogen (secondary N) is 1. The molecule has 1 unspecified atom stereocenters. The fourth-order valence-electron chi connectivity index (χ4n) is 5.22. The van der Waals surface area contributed by atoms with Crippen LogP contribution in [0.3, 0.4) is 0 Å². The van der Waals surface area contributed by atoms with Crippen LogP contribution in [0.4, 0.5) is 0 Å². The second-order valence-corrected chi connectivity index (χ2v) is 9.39. The van der Waals surface area contributed by atoms with Crippen LogP contribution >= 0.6 is 0 Å². The zero-order chi connectivity index (χ0) is 22.1. The van der Waals surface area contributed by atoms with E-state index in [0.717, 1.165) is 77.2 Å². The maximum absolute atomic E-state index is 13.1. The highest BCUT2D eigenvalue weighted by Crippen LogP contribution is 2.41. The smallest absolute Gasteiger partial charge is 0.255 e. The van der Waals surface area contributed by atoms with Gasteiger partial charge in [-0.1, -0.05) is 18.2 Å². The molecule has 3 heterocycles. The predicted octanol–water partition coefficient (Wildman–Crippen LogP) is 1.03. The van der Waals surface area contributed by atoms with Gasteiger partial charge in [0.25, 0.3) is 5.91 Å². The van der Waals surface area contributed by atoms with Gasteiger partial charge in [-0.2, -0.15) is 0 Å². The van der Waals surface area contributed by atoms with E-state index in [1.807, 2.05) is 23.1 Å². The summed E-state index contributed by atoms with van der Waals surface area (Å²) in [5.74, 6) is 0.237. The van der Waals surface area contributed by atoms with Gasteiger partial charge in [-0.05, 0) is 43.2 Å². The lowest BCUT2D eigenvalue weighted by Gasteiger charge is -2.36. The summed E-state index contributed by atoms with van der Waals surface area (Å²) >= 11 is 0. The minimum absolute atomic E-state index is 0.0155. The summed E-state index contributed by atoms with van der Waals surface area (Å²) in [7, 11) is 0. The molecule has 4 aliphatic rings. The Balaban J connectivity index is 1.13. The van der Waals surface area contributed by atoms with Crippen LogP contribution in [-0.4, -0.2) is 90.9 Å². The van der Waals surface area contributed by atoms with Crippen molar-refractivity contribution in [1.29, 1.82) is 0 Å². The predicted molar refractivity (Wildman–Crippen MR) is 118 cm³/mol. The van der Waals surface area contributed by atoms with Crippen molar-refractivity contribution in [2.75, 3.05) is 52.5 Å². The number of amides is 3. The van der Waals surface area contributed by atoms with Crippen molar-refractivity contribution in [3.63, 3.8) is 0 Å². The Morgan fingerprint density at radius 3 is 2.44 bits per heavy atom. The molecule has 0 bridgehead atoms. The van der Waals surface area contributed by atoms with Crippen molar-refractivity contribution in [1.82, 2.24) is 20.0 Å². The third kappa shape index (κ3) is 4.38. The van der Waals surface area contributed by atoms with Gasteiger partial charge in [0.2, 0.25) is 11.8 Å². The third-order valence-electron chi connectivity index (χ3n) is 7.19. The van der Waals surface area contributed by atoms with Crippen LogP contribution in [-0.2, 0) is 14.3 Å². The van der Waals surface area contributed by atoms with Gasteiger partial charge in [0.15, 0.2) is 0 Å². The highest BCUT2D eigenvalue weighted by Gasteiger charge is 2.47. The number of morpholine rings is 1. The molecule has 3 aliphatic heterocycles. The molecular formula is C24H32N4O4. The summed E-state index contributed by atoms with van der Waals surface area (Å²) in [6.07, 6.45) is 3.86. The molecule has 0 spiro atoms. The Kier molecular flexibility index (Phi) is 6.15. The first-order valence-corrected chi connectivity index (χ1v) is 11.9. The second-order valence-electron chi connectivity index (χ2n) is 9.39. The average Bonchev–Trinajstić information content (AvgIpc) is 3.62. The minimum Gasteiger partial charge on any atom is -0.379 e. The molecule has 1 aliphatic carbocycles. The van der Waals surface area contributed by atoms with Crippen molar-refractivity contribution >= 4 is 17.7 Å². The average molecular weight is 441 g/mol. The number of piperidine rings is 1. The normalized spacial score (nSPS) is 24.5. The molecule has 1 N–H and O–H groups in total. The Labute approximate surface area is 188 Å². The molecule has 1 saturated carbocycles. The van der Waals surface area contributed by atoms with E-state index in [9.17, 15) is 14.4 Å². The zero-order valence-corrected chi connectivity index (χ0v) is 18.5. The monoisotopic (exact) mass is 440 g/mol. The summed E-state index contributed by atoms with van der Waals surface area (Å²) in [6, 6.07) is 6.82. The topological polar surface area (TPSA) is 82.2 Å². The molecule has 0 radical (unpaired) electrons. The number of hydrogen-bond donors (Lipinski definition) is 1. The summed E-state index contributed by atoms with van der Waals surface area (Å²) in [4.78, 5) is 44.7. The van der Waals surface area contributed by atoms with Gasteiger partial charge >= 0.3 is 0 Å². The number of rotatable bonds is 6. The standard InChI is InChI=1S/C24H32N4O4/c29-21(27-9-7-17(8-10-27)16-26-11-13-32-14-12-26)15-25-23(30)22-19-3-1-2-4-20(19)24(31)28(22)18-5-6-18/h1-4,17-18,22H,5-16H2,(H,25,30). The zero-order valence-electron chi connectivity index (χ0n) is 18.5. The number of fused-ring (bicyclic) bond motifs is 1. The molecule has 8 nitrogen and oxygen atoms in total. The number of nitrogens with zero attached hydrogens (tertiary/aromatic N) is 3. The minimum atomic E-state index is -0.627. The summed E-state index contributed by atoms with van der Waals surface area (Å²) in [5, 5.41) is 2.83. The van der Waals surface area contributed by atoms with Crippen LogP contribution in [0.2, 0.25) is 0 Å². The molecule has 2 saturated heterocycles. The van der Waals surface area contributed by atoms with Crippen molar-refractivity contribution in [3.8, 4) is 0 Å². The lowest BCUT2D eigenvalue weighted by atomic mass is 9.96. The van der Waals surface area contributed by atoms with Crippen molar-refractivity contribution in [3.05, 3.63) is 35.4 Å². The number of ether oxygens (including phenoxy) is 1. The van der Waals surface area contributed by atoms with Gasteiger partial charge in [-0.25, -0.2) is 0 Å². The highest BCUT2D eigenvalue weighted by molar-refractivity contribution is 6.05. The Morgan fingerprint density at radius 2 is 1.72 bits per heavy atom. The maximum Gasteiger partial charge on any atom is 0.255 e. The van der Waals surface area contributed by atoms with Crippen molar-refractivity contribution in [2.45, 2.75) is 37.8 Å². The van der Waals surface area contributed by atoms with Crippen LogP contribution in [0.15, 0.2) is 24.3 Å². The van der Waals surface area contributed by atoms with E-state index in [1.165, 1.54) is 0 Å². The number of benzene rings is 1. The van der Waals surface area contributed by atoms with E-state index < -0.39 is 6.04 Å². The van der Waals surface area contributed by atoms with Gasteiger partial charge in [0.05, 0.1) is 19.8 Å². The van der Waals surface area contributed by atoms with Gasteiger partial charge in [-0.15, -0.1) is 0 Å². The molecule has 5 rings (SSSR count). The summed E-state index contributed by atoms with van der Waals surface area (Å²) in [6.45, 7) is 6.15. The van der Waals surface area contributed by atoms with Crippen molar-refractivity contribution < 1.29 is 19.1 Å². The lowest BCUT2D eigenvalue weighted by molar-refractivity contribution is -0.135. The molecular weight excluding hydrogens is 408 g/mol. The van der Waals surface area contributed by atoms with E-state index in [2.05, 4.69) is 10.2 Å². The molecule has 1 aromatic rings. The molecule has 0 aromatic heterocycles. The first-order valence-electron chi connectivity index (χ1n) is 11.9. The molecule has 32 heavy (non-hydrogen) atoms. The second kappa shape index (κ2) is 9.19. The van der Waals surface area contributed by atoms with Crippen LogP contribution in [0.5, 0.6) is 0 Å². The molecule has 8 heteroatoms. The first kappa shape index (κ1) is 21.4. The van der Waals surface area contributed by atoms with E-state index in [-0.39, 0.29) is 30.3 Å². The van der Waals surface area contributed by atoms with Crippen LogP contribution < -0.4 is 5.32 Å². The quantitative estimate of drug-likeness (QED) is 0.715. The van der Waals surface area contributed by atoms with E-state index in [1.54, 1.807) is 11.0 Å². The van der Waals surface area contributed by atoms with Crippen LogP contribution in [0, 0.1) is 5.92 Å². The summed E-state index contributed by atoms with van der Waals surface area (Å²) in [5.41, 5.74) is 1.35. The number of likely N-dealkylation sites (tertiary alicyclic amines) is 1. The SMILES string of the molecule is O=C(NCC(=O)N1CCC(CN2CCOCC2)CC1)C1c2ccccc2C(=O)N1C1CC1. The van der Waals surface area contributed by atoms with E-state index in [0.29, 0.717) is 11.5 Å². The number of carbonyl (C=O) groups is 3. The van der Waals surface area contributed by atoms with Crippen LogP contribution in [0.25, 0.3) is 0 Å². The van der Waals surface area contributed by atoms with Gasteiger partial charge in [0.1, 0.15) is 6.04 Å². The summed E-state index contributed by atoms with van der Waals surface area (Å²) < 4.78 is 5.42. The Hall–Kier alpha value is -2.45. The van der Waals surface area contributed by atoms with E-state index >= 15 is 0 Å². The van der Waals surface area contributed by atoms with Gasteiger partial charge in [-0.3, -0.25) is 19.3 Å². The lowest BCUT2D eigenvalue weighted by Crippen LogP contribution is -2.48. The fraction of sp³-hybridized carbons (Fsp3) is 0.625. The molecule has 3 fully saturated rings. The maximum atomic E-state index is 13.1. The van der Waals surface area contributed by atoms with E-state index in [4.69, 9.17) is 4.74 Å². The molecule has 1 aromatic carbocycles. The first-order chi connectivity index (χ1) is 15.6. The van der Waals surface area contributed by atoms with Gasteiger partial charge in [0, 0.05) is 44.3 Å². The number of hydrogen-bond acceptors (Lipinski definition) is 5. The molecule has 172 valence electrons. The third-order valence-corrected chi connectivity index (χ3v) is 7.19. The Morgan fingerprint density at radius 1 is 1.00 bits per heavy atom. The molecule has 1 atom stereocenters. The molecule has 3 amide bonds.